The normalized spacial score (nSPS) is 21.2. The molecular weight excluding hydrogens is 420 g/mol. The lowest BCUT2D eigenvalue weighted by atomic mass is 9.79. The number of nitro groups is 1. The van der Waals surface area contributed by atoms with Crippen molar-refractivity contribution < 1.29 is 14.5 Å². The van der Waals surface area contributed by atoms with E-state index in [-0.39, 0.29) is 10.6 Å². The number of fused-ring (bicyclic) bond motifs is 1. The number of ether oxygens (including phenoxy) is 1. The standard InChI is InChI=1S/C25H30N4O4/c1-15-20(25(30)33-2)21(17-10-7-13-19(14-17)29(31)32)22-23(16-8-3-4-9-16)27-28(24(22)26-15)18-11-5-6-12-18/h7,10,13-14,16,18,21,26H,3-6,8-9,11-12H2,1-2H3. The number of carbonyl (C=O) groups is 1. The molecule has 1 aromatic carbocycles. The number of hydrogen-bond acceptors (Lipinski definition) is 6. The van der Waals surface area contributed by atoms with Crippen LogP contribution in [0.5, 0.6) is 0 Å². The summed E-state index contributed by atoms with van der Waals surface area (Å²) in [4.78, 5) is 24.2. The number of nitro benzene ring substituents is 1. The van der Waals surface area contributed by atoms with Gasteiger partial charge in [-0.2, -0.15) is 5.10 Å². The smallest absolute Gasteiger partial charge is 0.336 e. The summed E-state index contributed by atoms with van der Waals surface area (Å²) < 4.78 is 7.33. The molecule has 2 aromatic rings. The highest BCUT2D eigenvalue weighted by molar-refractivity contribution is 5.94. The number of anilines is 1. The number of nitrogens with one attached hydrogen (secondary N) is 1. The van der Waals surface area contributed by atoms with E-state index >= 15 is 0 Å². The van der Waals surface area contributed by atoms with Gasteiger partial charge in [-0.05, 0) is 38.2 Å². The average molecular weight is 451 g/mol. The molecule has 1 atom stereocenters. The van der Waals surface area contributed by atoms with Crippen LogP contribution in [0.1, 0.15) is 93.0 Å². The molecule has 2 fully saturated rings. The van der Waals surface area contributed by atoms with Crippen LogP contribution in [-0.2, 0) is 9.53 Å². The Balaban J connectivity index is 1.75. The molecule has 2 aliphatic carbocycles. The van der Waals surface area contributed by atoms with Crippen LogP contribution >= 0.6 is 0 Å². The number of carbonyl (C=O) groups excluding carboxylic acids is 1. The average Bonchev–Trinajstić information content (AvgIpc) is 3.58. The number of hydrogen-bond donors (Lipinski definition) is 1. The Morgan fingerprint density at radius 2 is 1.88 bits per heavy atom. The maximum Gasteiger partial charge on any atom is 0.336 e. The second-order valence-corrected chi connectivity index (χ2v) is 9.45. The molecule has 33 heavy (non-hydrogen) atoms. The van der Waals surface area contributed by atoms with E-state index in [9.17, 15) is 14.9 Å². The third-order valence-electron chi connectivity index (χ3n) is 7.50. The fourth-order valence-corrected chi connectivity index (χ4v) is 5.93. The number of allylic oxidation sites excluding steroid dienone is 1. The molecule has 1 aliphatic heterocycles. The van der Waals surface area contributed by atoms with E-state index in [1.807, 2.05) is 13.0 Å². The van der Waals surface area contributed by atoms with Gasteiger partial charge in [0.15, 0.2) is 0 Å². The summed E-state index contributed by atoms with van der Waals surface area (Å²) in [5, 5.41) is 20.2. The number of rotatable bonds is 5. The lowest BCUT2D eigenvalue weighted by molar-refractivity contribution is -0.384. The molecule has 5 rings (SSSR count). The van der Waals surface area contributed by atoms with Crippen molar-refractivity contribution in [1.29, 1.82) is 0 Å². The first-order valence-corrected chi connectivity index (χ1v) is 11.9. The van der Waals surface area contributed by atoms with Crippen LogP contribution in [0.25, 0.3) is 0 Å². The van der Waals surface area contributed by atoms with Gasteiger partial charge in [-0.15, -0.1) is 0 Å². The summed E-state index contributed by atoms with van der Waals surface area (Å²) in [5.74, 6) is 0.389. The van der Waals surface area contributed by atoms with E-state index in [0.717, 1.165) is 48.3 Å². The van der Waals surface area contributed by atoms with E-state index in [4.69, 9.17) is 9.84 Å². The molecular formula is C25H30N4O4. The zero-order valence-corrected chi connectivity index (χ0v) is 19.2. The number of non-ortho nitro benzene ring substituents is 1. The Bertz CT molecular complexity index is 1120. The van der Waals surface area contributed by atoms with E-state index in [1.165, 1.54) is 38.9 Å². The summed E-state index contributed by atoms with van der Waals surface area (Å²) in [6.07, 6.45) is 9.05. The monoisotopic (exact) mass is 450 g/mol. The van der Waals surface area contributed by atoms with Crippen LogP contribution in [0.15, 0.2) is 35.5 Å². The third-order valence-corrected chi connectivity index (χ3v) is 7.50. The maximum absolute atomic E-state index is 13.0. The zero-order chi connectivity index (χ0) is 23.1. The SMILES string of the molecule is COC(=O)C1=C(C)Nc2c(c(C3CCCC3)nn2C2CCCC2)C1c1cccc([N+](=O)[O-])c1. The van der Waals surface area contributed by atoms with Gasteiger partial charge < -0.3 is 10.1 Å². The lowest BCUT2D eigenvalue weighted by Gasteiger charge is -2.30. The molecule has 8 nitrogen and oxygen atoms in total. The molecule has 0 amide bonds. The summed E-state index contributed by atoms with van der Waals surface area (Å²) in [5.41, 5.74) is 3.96. The maximum atomic E-state index is 13.0. The molecule has 0 saturated heterocycles. The second kappa shape index (κ2) is 8.65. The van der Waals surface area contributed by atoms with Gasteiger partial charge in [0, 0.05) is 35.2 Å². The molecule has 0 spiro atoms. The molecule has 3 aliphatic rings. The first-order valence-electron chi connectivity index (χ1n) is 11.9. The van der Waals surface area contributed by atoms with Crippen LogP contribution in [0.3, 0.4) is 0 Å². The summed E-state index contributed by atoms with van der Waals surface area (Å²) in [6, 6.07) is 6.96. The van der Waals surface area contributed by atoms with Gasteiger partial charge in [0.1, 0.15) is 5.82 Å². The van der Waals surface area contributed by atoms with Crippen molar-refractivity contribution in [1.82, 2.24) is 9.78 Å². The summed E-state index contributed by atoms with van der Waals surface area (Å²) in [7, 11) is 1.38. The Morgan fingerprint density at radius 3 is 2.55 bits per heavy atom. The zero-order valence-electron chi connectivity index (χ0n) is 19.2. The molecule has 2 saturated carbocycles. The van der Waals surface area contributed by atoms with Crippen molar-refractivity contribution in [2.75, 3.05) is 12.4 Å². The van der Waals surface area contributed by atoms with Gasteiger partial charge in [0.2, 0.25) is 0 Å². The number of methoxy groups -OCH3 is 1. The van der Waals surface area contributed by atoms with Crippen molar-refractivity contribution in [2.45, 2.75) is 76.2 Å². The van der Waals surface area contributed by atoms with E-state index in [0.29, 0.717) is 23.2 Å². The molecule has 0 radical (unpaired) electrons. The van der Waals surface area contributed by atoms with Gasteiger partial charge >= 0.3 is 5.97 Å². The number of aromatic nitrogens is 2. The predicted molar refractivity (Wildman–Crippen MR) is 124 cm³/mol. The van der Waals surface area contributed by atoms with Crippen LogP contribution < -0.4 is 5.32 Å². The second-order valence-electron chi connectivity index (χ2n) is 9.45. The minimum absolute atomic E-state index is 0.0139. The molecule has 174 valence electrons. The number of nitrogens with zero attached hydrogens (tertiary/aromatic N) is 3. The molecule has 2 heterocycles. The van der Waals surface area contributed by atoms with Crippen LogP contribution in [0, 0.1) is 10.1 Å². The Labute approximate surface area is 193 Å². The van der Waals surface area contributed by atoms with E-state index in [2.05, 4.69) is 10.00 Å². The van der Waals surface area contributed by atoms with Gasteiger partial charge in [-0.1, -0.05) is 37.8 Å². The fourth-order valence-electron chi connectivity index (χ4n) is 5.93. The van der Waals surface area contributed by atoms with E-state index in [1.54, 1.807) is 12.1 Å². The number of esters is 1. The van der Waals surface area contributed by atoms with Gasteiger partial charge in [-0.3, -0.25) is 10.1 Å². The third kappa shape index (κ3) is 3.71. The highest BCUT2D eigenvalue weighted by atomic mass is 16.6. The van der Waals surface area contributed by atoms with Gasteiger partial charge in [-0.25, -0.2) is 9.48 Å². The van der Waals surface area contributed by atoms with Crippen LogP contribution in [-0.4, -0.2) is 27.8 Å². The van der Waals surface area contributed by atoms with Crippen molar-refractivity contribution in [3.8, 4) is 0 Å². The van der Waals surface area contributed by atoms with Gasteiger partial charge in [0.25, 0.3) is 5.69 Å². The fraction of sp³-hybridized carbons (Fsp3) is 0.520. The molecule has 8 heteroatoms. The molecule has 1 unspecified atom stereocenters. The highest BCUT2D eigenvalue weighted by Crippen LogP contribution is 2.50. The van der Waals surface area contributed by atoms with Crippen LogP contribution in [0.2, 0.25) is 0 Å². The van der Waals surface area contributed by atoms with Crippen molar-refractivity contribution in [2.24, 2.45) is 0 Å². The Hall–Kier alpha value is -3.16. The van der Waals surface area contributed by atoms with Crippen molar-refractivity contribution in [3.63, 3.8) is 0 Å². The largest absolute Gasteiger partial charge is 0.466 e. The van der Waals surface area contributed by atoms with Crippen LogP contribution in [0.4, 0.5) is 11.5 Å². The summed E-state index contributed by atoms with van der Waals surface area (Å²) >= 11 is 0. The number of benzene rings is 1. The quantitative estimate of drug-likeness (QED) is 0.363. The first-order chi connectivity index (χ1) is 16.0. The minimum atomic E-state index is -0.459. The predicted octanol–water partition coefficient (Wildman–Crippen LogP) is 5.57. The topological polar surface area (TPSA) is 99.3 Å². The molecule has 0 bridgehead atoms. The van der Waals surface area contributed by atoms with Crippen molar-refractivity contribution in [3.05, 3.63) is 62.5 Å². The first kappa shape index (κ1) is 21.7. The highest BCUT2D eigenvalue weighted by Gasteiger charge is 2.41. The van der Waals surface area contributed by atoms with Gasteiger partial charge in [0.05, 0.1) is 29.3 Å². The Morgan fingerprint density at radius 1 is 1.18 bits per heavy atom. The molecule has 1 N–H and O–H groups in total. The minimum Gasteiger partial charge on any atom is -0.466 e. The lowest BCUT2D eigenvalue weighted by Crippen LogP contribution is -2.25. The molecule has 1 aromatic heterocycles. The summed E-state index contributed by atoms with van der Waals surface area (Å²) in [6.45, 7) is 1.88. The van der Waals surface area contributed by atoms with E-state index < -0.39 is 11.9 Å². The Kier molecular flexibility index (Phi) is 5.68. The van der Waals surface area contributed by atoms with Crippen molar-refractivity contribution >= 4 is 17.5 Å².